The number of ether oxygens (including phenoxy) is 2. The average Bonchev–Trinajstić information content (AvgIpc) is 3.14. The summed E-state index contributed by atoms with van der Waals surface area (Å²) in [5.74, 6) is 1.07. The lowest BCUT2D eigenvalue weighted by molar-refractivity contribution is -0.115. The molecular weight excluding hydrogens is 394 g/mol. The lowest BCUT2D eigenvalue weighted by atomic mass is 10.1. The molecule has 0 bridgehead atoms. The van der Waals surface area contributed by atoms with Crippen LogP contribution in [0.15, 0.2) is 52.9 Å². The molecule has 0 saturated carbocycles. The lowest BCUT2D eigenvalue weighted by Gasteiger charge is -2.09. The second-order valence-electron chi connectivity index (χ2n) is 5.96. The minimum atomic E-state index is -0.156. The fourth-order valence-electron chi connectivity index (χ4n) is 2.59. The smallest absolute Gasteiger partial charge is 0.230 e. The zero-order chi connectivity index (χ0) is 19.9. The number of nitrogens with one attached hydrogen (secondary N) is 1. The Hall–Kier alpha value is -2.58. The van der Waals surface area contributed by atoms with E-state index in [1.54, 1.807) is 38.1 Å². The Labute approximate surface area is 172 Å². The van der Waals surface area contributed by atoms with Crippen molar-refractivity contribution in [2.45, 2.75) is 22.9 Å². The Bertz CT molecular complexity index is 931. The van der Waals surface area contributed by atoms with Crippen molar-refractivity contribution in [3.8, 4) is 11.5 Å². The Morgan fingerprint density at radius 3 is 2.57 bits per heavy atom. The molecule has 1 amide bonds. The van der Waals surface area contributed by atoms with E-state index in [-0.39, 0.29) is 17.6 Å². The fourth-order valence-corrected chi connectivity index (χ4v) is 4.63. The number of anilines is 1. The summed E-state index contributed by atoms with van der Waals surface area (Å²) in [5.41, 5.74) is 2.05. The van der Waals surface area contributed by atoms with Crippen molar-refractivity contribution in [1.82, 2.24) is 10.2 Å². The first-order valence-corrected chi connectivity index (χ1v) is 10.3. The van der Waals surface area contributed by atoms with E-state index < -0.39 is 0 Å². The van der Waals surface area contributed by atoms with Crippen molar-refractivity contribution in [1.29, 1.82) is 0 Å². The number of carbonyl (C=O) groups is 1. The summed E-state index contributed by atoms with van der Waals surface area (Å²) in [6.45, 7) is 2.12. The van der Waals surface area contributed by atoms with Crippen molar-refractivity contribution < 1.29 is 14.3 Å². The predicted octanol–water partition coefficient (Wildman–Crippen LogP) is 4.59. The van der Waals surface area contributed by atoms with Gasteiger partial charge in [-0.3, -0.25) is 4.79 Å². The van der Waals surface area contributed by atoms with Gasteiger partial charge in [0.05, 0.1) is 20.6 Å². The number of hydrogen-bond donors (Lipinski definition) is 1. The van der Waals surface area contributed by atoms with E-state index in [2.05, 4.69) is 34.6 Å². The first-order chi connectivity index (χ1) is 13.6. The Morgan fingerprint density at radius 2 is 1.86 bits per heavy atom. The van der Waals surface area contributed by atoms with E-state index in [1.807, 2.05) is 24.3 Å². The fraction of sp³-hybridized carbons (Fsp3) is 0.250. The summed E-state index contributed by atoms with van der Waals surface area (Å²) < 4.78 is 11.3. The molecule has 1 heterocycles. The van der Waals surface area contributed by atoms with Gasteiger partial charge in [-0.25, -0.2) is 0 Å². The quantitative estimate of drug-likeness (QED) is 0.428. The van der Waals surface area contributed by atoms with Gasteiger partial charge in [0.1, 0.15) is 0 Å². The maximum Gasteiger partial charge on any atom is 0.230 e. The molecule has 0 spiro atoms. The van der Waals surface area contributed by atoms with Crippen LogP contribution in [0, 0.1) is 0 Å². The van der Waals surface area contributed by atoms with Gasteiger partial charge in [0.2, 0.25) is 11.0 Å². The number of amides is 1. The largest absolute Gasteiger partial charge is 0.493 e. The number of aromatic nitrogens is 2. The van der Waals surface area contributed by atoms with E-state index >= 15 is 0 Å². The Balaban J connectivity index is 1.58. The molecule has 28 heavy (non-hydrogen) atoms. The molecule has 1 unspecified atom stereocenters. The number of hydrogen-bond acceptors (Lipinski definition) is 7. The average molecular weight is 416 g/mol. The monoisotopic (exact) mass is 415 g/mol. The number of nitrogens with zero attached hydrogens (tertiary/aromatic N) is 2. The molecule has 3 rings (SSSR count). The molecule has 0 radical (unpaired) electrons. The summed E-state index contributed by atoms with van der Waals surface area (Å²) >= 11 is 2.99. The second-order valence-corrected chi connectivity index (χ2v) is 8.52. The molecule has 1 aromatic heterocycles. The summed E-state index contributed by atoms with van der Waals surface area (Å²) in [6, 6.07) is 15.6. The third-order valence-electron chi connectivity index (χ3n) is 4.01. The minimum Gasteiger partial charge on any atom is -0.493 e. The zero-order valence-corrected chi connectivity index (χ0v) is 17.5. The van der Waals surface area contributed by atoms with Crippen LogP contribution in [-0.2, 0) is 11.2 Å². The standard InChI is InChI=1S/C20H21N3O3S2/c1-13(15-7-5-4-6-8-15)27-20-23-22-19(28-20)21-18(24)12-14-9-10-16(25-2)17(11-14)26-3/h4-11,13H,12H2,1-3H3,(H,21,22,24). The van der Waals surface area contributed by atoms with E-state index in [0.717, 1.165) is 9.90 Å². The number of thioether (sulfide) groups is 1. The van der Waals surface area contributed by atoms with Gasteiger partial charge in [0.15, 0.2) is 15.8 Å². The SMILES string of the molecule is COc1ccc(CC(=O)Nc2nnc(SC(C)c3ccccc3)s2)cc1OC. The summed E-state index contributed by atoms with van der Waals surface area (Å²) in [5, 5.41) is 11.8. The van der Waals surface area contributed by atoms with Crippen molar-refractivity contribution >= 4 is 34.1 Å². The second kappa shape index (κ2) is 9.57. The highest BCUT2D eigenvalue weighted by Crippen LogP contribution is 2.37. The van der Waals surface area contributed by atoms with Crippen LogP contribution >= 0.6 is 23.1 Å². The van der Waals surface area contributed by atoms with Gasteiger partial charge in [-0.05, 0) is 30.2 Å². The molecule has 6 nitrogen and oxygen atoms in total. The summed E-state index contributed by atoms with van der Waals surface area (Å²) in [7, 11) is 3.15. The van der Waals surface area contributed by atoms with Crippen LogP contribution in [0.3, 0.4) is 0 Å². The van der Waals surface area contributed by atoms with Gasteiger partial charge in [-0.1, -0.05) is 59.5 Å². The molecule has 1 N–H and O–H groups in total. The molecule has 0 fully saturated rings. The molecule has 0 aliphatic carbocycles. The Kier molecular flexibility index (Phi) is 6.89. The topological polar surface area (TPSA) is 73.3 Å². The highest BCUT2D eigenvalue weighted by molar-refractivity contribution is 8.01. The first-order valence-electron chi connectivity index (χ1n) is 8.65. The zero-order valence-electron chi connectivity index (χ0n) is 15.8. The van der Waals surface area contributed by atoms with Crippen LogP contribution in [0.4, 0.5) is 5.13 Å². The Morgan fingerprint density at radius 1 is 1.11 bits per heavy atom. The minimum absolute atomic E-state index is 0.156. The summed E-state index contributed by atoms with van der Waals surface area (Å²) in [6.07, 6.45) is 0.211. The molecule has 146 valence electrons. The highest BCUT2D eigenvalue weighted by Gasteiger charge is 2.14. The molecule has 8 heteroatoms. The van der Waals surface area contributed by atoms with E-state index in [0.29, 0.717) is 16.6 Å². The third-order valence-corrected chi connectivity index (χ3v) is 6.09. The van der Waals surface area contributed by atoms with Gasteiger partial charge in [-0.15, -0.1) is 10.2 Å². The van der Waals surface area contributed by atoms with Crippen LogP contribution in [0.2, 0.25) is 0 Å². The lowest BCUT2D eigenvalue weighted by Crippen LogP contribution is -2.14. The highest BCUT2D eigenvalue weighted by atomic mass is 32.2. The maximum atomic E-state index is 12.3. The van der Waals surface area contributed by atoms with Crippen LogP contribution in [-0.4, -0.2) is 30.3 Å². The predicted molar refractivity (Wildman–Crippen MR) is 113 cm³/mol. The van der Waals surface area contributed by atoms with Crippen molar-refractivity contribution in [3.63, 3.8) is 0 Å². The van der Waals surface area contributed by atoms with E-state index in [4.69, 9.17) is 9.47 Å². The molecule has 3 aromatic rings. The maximum absolute atomic E-state index is 12.3. The number of methoxy groups -OCH3 is 2. The van der Waals surface area contributed by atoms with Crippen LogP contribution in [0.25, 0.3) is 0 Å². The van der Waals surface area contributed by atoms with Gasteiger partial charge >= 0.3 is 0 Å². The molecular formula is C20H21N3O3S2. The van der Waals surface area contributed by atoms with Gasteiger partial charge in [-0.2, -0.15) is 0 Å². The number of carbonyl (C=O) groups excluding carboxylic acids is 1. The van der Waals surface area contributed by atoms with Crippen molar-refractivity contribution in [2.24, 2.45) is 0 Å². The summed E-state index contributed by atoms with van der Waals surface area (Å²) in [4.78, 5) is 12.3. The van der Waals surface area contributed by atoms with Gasteiger partial charge in [0.25, 0.3) is 0 Å². The molecule has 1 atom stereocenters. The molecule has 0 saturated heterocycles. The molecule has 2 aromatic carbocycles. The normalized spacial score (nSPS) is 11.7. The van der Waals surface area contributed by atoms with E-state index in [9.17, 15) is 4.79 Å². The van der Waals surface area contributed by atoms with Crippen LogP contribution in [0.1, 0.15) is 23.3 Å². The molecule has 0 aliphatic rings. The van der Waals surface area contributed by atoms with Crippen LogP contribution < -0.4 is 14.8 Å². The van der Waals surface area contributed by atoms with Gasteiger partial charge in [0, 0.05) is 5.25 Å². The first kappa shape index (κ1) is 20.2. The molecule has 0 aliphatic heterocycles. The third kappa shape index (κ3) is 5.24. The number of rotatable bonds is 8. The van der Waals surface area contributed by atoms with Crippen molar-refractivity contribution in [2.75, 3.05) is 19.5 Å². The van der Waals surface area contributed by atoms with Crippen molar-refractivity contribution in [3.05, 3.63) is 59.7 Å². The van der Waals surface area contributed by atoms with E-state index in [1.165, 1.54) is 16.9 Å². The van der Waals surface area contributed by atoms with Gasteiger partial charge < -0.3 is 14.8 Å². The van der Waals surface area contributed by atoms with Crippen LogP contribution in [0.5, 0.6) is 11.5 Å². The number of benzene rings is 2.